The molecule has 3 aromatic rings. The van der Waals surface area contributed by atoms with E-state index in [1.54, 1.807) is 19.1 Å². The second kappa shape index (κ2) is 7.33. The molecule has 0 aromatic heterocycles. The van der Waals surface area contributed by atoms with E-state index in [0.29, 0.717) is 17.7 Å². The van der Waals surface area contributed by atoms with Crippen LogP contribution in [0.3, 0.4) is 0 Å². The Morgan fingerprint density at radius 2 is 1.75 bits per heavy atom. The number of rotatable bonds is 5. The van der Waals surface area contributed by atoms with E-state index >= 15 is 0 Å². The fourth-order valence-electron chi connectivity index (χ4n) is 2.83. The van der Waals surface area contributed by atoms with Crippen molar-refractivity contribution < 1.29 is 23.0 Å². The number of aromatic hydroxyl groups is 1. The maximum atomic E-state index is 11.6. The predicted octanol–water partition coefficient (Wildman–Crippen LogP) is 4.68. The standard InChI is InChI=1S/C18H15N3O6S/c1-2-11-9-12(7-8-15(11)21(23)24)19-20-18-14-6-4-3-5-13(14)17(10-16(18)22)28(25,26)27/h3-10,22H,2H2,1H3,(H,25,26,27). The van der Waals surface area contributed by atoms with Gasteiger partial charge in [-0.1, -0.05) is 31.2 Å². The number of nitro groups is 1. The number of aryl methyl sites for hydroxylation is 1. The van der Waals surface area contributed by atoms with Crippen molar-refractivity contribution >= 4 is 38.0 Å². The number of phenols is 1. The van der Waals surface area contributed by atoms with Crippen molar-refractivity contribution in [2.45, 2.75) is 18.2 Å². The van der Waals surface area contributed by atoms with E-state index in [4.69, 9.17) is 0 Å². The van der Waals surface area contributed by atoms with Gasteiger partial charge in [-0.2, -0.15) is 13.5 Å². The van der Waals surface area contributed by atoms with Gasteiger partial charge in [0.1, 0.15) is 16.3 Å². The van der Waals surface area contributed by atoms with Crippen LogP contribution in [0.4, 0.5) is 17.1 Å². The second-order valence-corrected chi connectivity index (χ2v) is 7.28. The summed E-state index contributed by atoms with van der Waals surface area (Å²) < 4.78 is 32.6. The summed E-state index contributed by atoms with van der Waals surface area (Å²) in [5, 5.41) is 29.7. The Morgan fingerprint density at radius 3 is 2.36 bits per heavy atom. The van der Waals surface area contributed by atoms with Crippen LogP contribution >= 0.6 is 0 Å². The summed E-state index contributed by atoms with van der Waals surface area (Å²) in [6.07, 6.45) is 0.427. The summed E-state index contributed by atoms with van der Waals surface area (Å²) in [5.74, 6) is -0.479. The third kappa shape index (κ3) is 3.68. The molecule has 144 valence electrons. The molecule has 0 bridgehead atoms. The Kier molecular flexibility index (Phi) is 5.08. The first-order valence-electron chi connectivity index (χ1n) is 8.13. The van der Waals surface area contributed by atoms with Gasteiger partial charge in [0, 0.05) is 28.5 Å². The summed E-state index contributed by atoms with van der Waals surface area (Å²) >= 11 is 0. The van der Waals surface area contributed by atoms with Crippen molar-refractivity contribution in [1.82, 2.24) is 0 Å². The molecule has 0 atom stereocenters. The van der Waals surface area contributed by atoms with Gasteiger partial charge < -0.3 is 5.11 Å². The van der Waals surface area contributed by atoms with Crippen molar-refractivity contribution in [3.63, 3.8) is 0 Å². The van der Waals surface area contributed by atoms with E-state index in [2.05, 4.69) is 10.2 Å². The van der Waals surface area contributed by atoms with Crippen LogP contribution in [-0.4, -0.2) is 23.0 Å². The number of nitro benzene ring substituents is 1. The Bertz CT molecular complexity index is 1220. The van der Waals surface area contributed by atoms with Gasteiger partial charge in [0.2, 0.25) is 0 Å². The minimum atomic E-state index is -4.55. The highest BCUT2D eigenvalue weighted by atomic mass is 32.2. The van der Waals surface area contributed by atoms with Gasteiger partial charge in [0.15, 0.2) is 0 Å². The molecule has 9 nitrogen and oxygen atoms in total. The minimum Gasteiger partial charge on any atom is -0.506 e. The zero-order valence-electron chi connectivity index (χ0n) is 14.6. The van der Waals surface area contributed by atoms with Gasteiger partial charge in [-0.05, 0) is 18.6 Å². The van der Waals surface area contributed by atoms with Crippen molar-refractivity contribution in [3.05, 3.63) is 64.2 Å². The number of hydrogen-bond donors (Lipinski definition) is 2. The Balaban J connectivity index is 2.13. The van der Waals surface area contributed by atoms with Crippen LogP contribution in [0.2, 0.25) is 0 Å². The molecule has 0 unspecified atom stereocenters. The van der Waals surface area contributed by atoms with Crippen molar-refractivity contribution in [1.29, 1.82) is 0 Å². The van der Waals surface area contributed by atoms with Crippen LogP contribution in [-0.2, 0) is 16.5 Å². The largest absolute Gasteiger partial charge is 0.506 e. The first-order valence-corrected chi connectivity index (χ1v) is 9.57. The topological polar surface area (TPSA) is 142 Å². The summed E-state index contributed by atoms with van der Waals surface area (Å²) in [7, 11) is -4.55. The van der Waals surface area contributed by atoms with E-state index < -0.39 is 25.7 Å². The van der Waals surface area contributed by atoms with E-state index in [0.717, 1.165) is 6.07 Å². The third-order valence-corrected chi connectivity index (χ3v) is 5.04. The van der Waals surface area contributed by atoms with Gasteiger partial charge in [-0.15, -0.1) is 5.11 Å². The first kappa shape index (κ1) is 19.4. The molecule has 3 rings (SSSR count). The number of phenolic OH excluding ortho intramolecular Hbond substituents is 1. The summed E-state index contributed by atoms with van der Waals surface area (Å²) in [5.41, 5.74) is 0.814. The molecule has 0 fully saturated rings. The molecule has 0 aliphatic rings. The van der Waals surface area contributed by atoms with Crippen LogP contribution in [0.25, 0.3) is 10.8 Å². The highest BCUT2D eigenvalue weighted by molar-refractivity contribution is 7.86. The second-order valence-electron chi connectivity index (χ2n) is 5.89. The molecule has 0 aliphatic carbocycles. The normalized spacial score (nSPS) is 11.9. The molecule has 0 saturated carbocycles. The lowest BCUT2D eigenvalue weighted by Gasteiger charge is -2.08. The Hall–Kier alpha value is -3.37. The minimum absolute atomic E-state index is 0.0133. The maximum absolute atomic E-state index is 11.6. The lowest BCUT2D eigenvalue weighted by molar-refractivity contribution is -0.385. The third-order valence-electron chi connectivity index (χ3n) is 4.14. The number of fused-ring (bicyclic) bond motifs is 1. The Morgan fingerprint density at radius 1 is 1.07 bits per heavy atom. The molecule has 0 radical (unpaired) electrons. The van der Waals surface area contributed by atoms with E-state index in [1.165, 1.54) is 30.3 Å². The average molecular weight is 401 g/mol. The van der Waals surface area contributed by atoms with Crippen LogP contribution in [0.5, 0.6) is 5.75 Å². The zero-order chi connectivity index (χ0) is 20.5. The molecule has 0 spiro atoms. The summed E-state index contributed by atoms with van der Waals surface area (Å²) in [6.45, 7) is 1.77. The number of nitrogens with zero attached hydrogens (tertiary/aromatic N) is 3. The van der Waals surface area contributed by atoms with Crippen LogP contribution < -0.4 is 0 Å². The van der Waals surface area contributed by atoms with Crippen molar-refractivity contribution in [2.24, 2.45) is 10.2 Å². The first-order chi connectivity index (χ1) is 13.2. The van der Waals surface area contributed by atoms with Gasteiger partial charge in [0.05, 0.1) is 10.6 Å². The SMILES string of the molecule is CCc1cc(N=Nc2c(O)cc(S(=O)(=O)O)c3ccccc23)ccc1[N+](=O)[O-]. The lowest BCUT2D eigenvalue weighted by Crippen LogP contribution is -1.99. The molecule has 0 aliphatic heterocycles. The van der Waals surface area contributed by atoms with E-state index in [-0.39, 0.29) is 22.1 Å². The highest BCUT2D eigenvalue weighted by Gasteiger charge is 2.19. The van der Waals surface area contributed by atoms with Gasteiger partial charge in [0.25, 0.3) is 15.8 Å². The molecule has 3 aromatic carbocycles. The summed E-state index contributed by atoms with van der Waals surface area (Å²) in [6, 6.07) is 11.4. The van der Waals surface area contributed by atoms with Crippen molar-refractivity contribution in [2.75, 3.05) is 0 Å². The molecule has 10 heteroatoms. The highest BCUT2D eigenvalue weighted by Crippen LogP contribution is 2.40. The predicted molar refractivity (Wildman–Crippen MR) is 102 cm³/mol. The molecular weight excluding hydrogens is 386 g/mol. The lowest BCUT2D eigenvalue weighted by atomic mass is 10.1. The van der Waals surface area contributed by atoms with E-state index in [9.17, 15) is 28.2 Å². The molecule has 28 heavy (non-hydrogen) atoms. The average Bonchev–Trinajstić information content (AvgIpc) is 2.65. The van der Waals surface area contributed by atoms with E-state index in [1.807, 2.05) is 0 Å². The van der Waals surface area contributed by atoms with Crippen LogP contribution in [0, 0.1) is 10.1 Å². The Labute approximate surface area is 159 Å². The fraction of sp³-hybridized carbons (Fsp3) is 0.111. The maximum Gasteiger partial charge on any atom is 0.295 e. The number of hydrogen-bond acceptors (Lipinski definition) is 7. The number of azo groups is 1. The quantitative estimate of drug-likeness (QED) is 0.275. The molecular formula is C18H15N3O6S. The monoisotopic (exact) mass is 401 g/mol. The van der Waals surface area contributed by atoms with Crippen molar-refractivity contribution in [3.8, 4) is 5.75 Å². The molecule has 0 heterocycles. The van der Waals surface area contributed by atoms with Gasteiger partial charge >= 0.3 is 0 Å². The van der Waals surface area contributed by atoms with Gasteiger partial charge in [-0.3, -0.25) is 14.7 Å². The molecule has 2 N–H and O–H groups in total. The summed E-state index contributed by atoms with van der Waals surface area (Å²) in [4.78, 5) is 10.1. The molecule has 0 amide bonds. The fourth-order valence-corrected chi connectivity index (χ4v) is 3.55. The van der Waals surface area contributed by atoms with Crippen LogP contribution in [0.15, 0.2) is 63.7 Å². The van der Waals surface area contributed by atoms with Gasteiger partial charge in [-0.25, -0.2) is 0 Å². The van der Waals surface area contributed by atoms with Crippen LogP contribution in [0.1, 0.15) is 12.5 Å². The smallest absolute Gasteiger partial charge is 0.295 e. The zero-order valence-corrected chi connectivity index (χ0v) is 15.4. The molecule has 0 saturated heterocycles. The number of benzene rings is 3.